The molecule has 5 unspecified atom stereocenters. The van der Waals surface area contributed by atoms with Gasteiger partial charge in [0.1, 0.15) is 12.4 Å². The van der Waals surface area contributed by atoms with Crippen LogP contribution in [0.4, 0.5) is 5.69 Å². The second-order valence-electron chi connectivity index (χ2n) is 12.7. The Labute approximate surface area is 284 Å². The van der Waals surface area contributed by atoms with Gasteiger partial charge in [0.2, 0.25) is 11.8 Å². The van der Waals surface area contributed by atoms with E-state index in [0.717, 1.165) is 33.0 Å². The van der Waals surface area contributed by atoms with Gasteiger partial charge in [-0.15, -0.1) is 11.8 Å². The molecule has 3 fully saturated rings. The van der Waals surface area contributed by atoms with Crippen LogP contribution in [0.1, 0.15) is 51.2 Å². The Bertz CT molecular complexity index is 1990. The number of imide groups is 1. The molecule has 8 nitrogen and oxygen atoms in total. The Hall–Kier alpha value is -3.86. The molecule has 2 aliphatic carbocycles. The summed E-state index contributed by atoms with van der Waals surface area (Å²) in [6.07, 6.45) is 0.764. The number of hydrogen-bond acceptors (Lipinski definition) is 8. The van der Waals surface area contributed by atoms with E-state index in [4.69, 9.17) is 21.1 Å². The second-order valence-corrected chi connectivity index (χ2v) is 15.3. The lowest BCUT2D eigenvalue weighted by Gasteiger charge is -2.43. The summed E-state index contributed by atoms with van der Waals surface area (Å²) in [4.78, 5) is 58.4. The lowest BCUT2D eigenvalue weighted by molar-refractivity contribution is -0.123. The van der Waals surface area contributed by atoms with Crippen LogP contribution in [0.2, 0.25) is 5.02 Å². The lowest BCUT2D eigenvalue weighted by atomic mass is 9.68. The van der Waals surface area contributed by atoms with Crippen molar-refractivity contribution in [1.82, 2.24) is 4.98 Å². The fraction of sp³-hybridized carbons (Fsp3) is 0.333. The Morgan fingerprint density at radius 2 is 1.77 bits per heavy atom. The zero-order chi connectivity index (χ0) is 32.6. The SMILES string of the molecule is CCOC(=O)c1ccc(N2C(=O)C3C(C2=O)[C@@H]2C[C@H]3C3Sc4[nH]c(=O)sc4C(c4cc(Cl)ccc4OCc4cccc(C)c4)C32)cc1. The Morgan fingerprint density at radius 1 is 1.00 bits per heavy atom. The minimum Gasteiger partial charge on any atom is -0.489 e. The Morgan fingerprint density at radius 3 is 2.51 bits per heavy atom. The molecule has 2 aliphatic heterocycles. The van der Waals surface area contributed by atoms with Crippen molar-refractivity contribution in [2.45, 2.75) is 43.1 Å². The van der Waals surface area contributed by atoms with Gasteiger partial charge in [0, 0.05) is 26.6 Å². The number of H-pyrrole nitrogens is 1. The van der Waals surface area contributed by atoms with Crippen LogP contribution in [0.5, 0.6) is 5.75 Å². The minimum absolute atomic E-state index is 0.00660. The van der Waals surface area contributed by atoms with Crippen molar-refractivity contribution in [3.05, 3.63) is 109 Å². The highest BCUT2D eigenvalue weighted by Gasteiger charge is 2.69. The van der Waals surface area contributed by atoms with Crippen LogP contribution in [0.3, 0.4) is 0 Å². The van der Waals surface area contributed by atoms with Gasteiger partial charge in [-0.05, 0) is 86.1 Å². The smallest absolute Gasteiger partial charge is 0.338 e. The van der Waals surface area contributed by atoms with Crippen molar-refractivity contribution >= 4 is 58.2 Å². The molecule has 2 saturated carbocycles. The summed E-state index contributed by atoms with van der Waals surface area (Å²) in [7, 11) is 0. The van der Waals surface area contributed by atoms with Crippen LogP contribution >= 0.6 is 34.7 Å². The van der Waals surface area contributed by atoms with Gasteiger partial charge >= 0.3 is 10.8 Å². The highest BCUT2D eigenvalue weighted by molar-refractivity contribution is 8.00. The van der Waals surface area contributed by atoms with Crippen LogP contribution in [0, 0.1) is 36.5 Å². The fourth-order valence-electron chi connectivity index (χ4n) is 8.44. The molecular formula is C36H31ClN2O6S2. The van der Waals surface area contributed by atoms with Gasteiger partial charge in [-0.1, -0.05) is 52.8 Å². The Balaban J connectivity index is 1.15. The zero-order valence-electron chi connectivity index (χ0n) is 25.6. The monoisotopic (exact) mass is 686 g/mol. The number of halogens is 1. The maximum atomic E-state index is 14.2. The number of carbonyl (C=O) groups is 3. The molecular weight excluding hydrogens is 656 g/mol. The fourth-order valence-corrected chi connectivity index (χ4v) is 11.5. The molecule has 1 aromatic heterocycles. The van der Waals surface area contributed by atoms with Gasteiger partial charge < -0.3 is 14.5 Å². The average Bonchev–Trinajstić information content (AvgIpc) is 3.79. The predicted octanol–water partition coefficient (Wildman–Crippen LogP) is 6.83. The summed E-state index contributed by atoms with van der Waals surface area (Å²) in [5.41, 5.74) is 3.90. The summed E-state index contributed by atoms with van der Waals surface area (Å²) in [6, 6.07) is 20.3. The van der Waals surface area contributed by atoms with Crippen molar-refractivity contribution < 1.29 is 23.9 Å². The second kappa shape index (κ2) is 11.7. The van der Waals surface area contributed by atoms with E-state index in [1.807, 2.05) is 43.3 Å². The first-order valence-corrected chi connectivity index (χ1v) is 17.8. The summed E-state index contributed by atoms with van der Waals surface area (Å²) in [5, 5.41) is 1.41. The van der Waals surface area contributed by atoms with E-state index in [1.54, 1.807) is 43.0 Å². The molecule has 4 aromatic rings. The molecule has 1 N–H and O–H groups in total. The number of rotatable bonds is 7. The van der Waals surface area contributed by atoms with E-state index in [-0.39, 0.29) is 52.2 Å². The number of aromatic amines is 1. The molecule has 8 rings (SSSR count). The van der Waals surface area contributed by atoms with Crippen LogP contribution in [-0.4, -0.2) is 34.6 Å². The lowest BCUT2D eigenvalue weighted by Crippen LogP contribution is -2.42. The van der Waals surface area contributed by atoms with Crippen molar-refractivity contribution in [2.24, 2.45) is 29.6 Å². The van der Waals surface area contributed by atoms with E-state index in [2.05, 4.69) is 11.1 Å². The van der Waals surface area contributed by atoms with Gasteiger partial charge in [-0.25, -0.2) is 4.79 Å². The summed E-state index contributed by atoms with van der Waals surface area (Å²) in [5.74, 6) is -1.39. The number of carbonyl (C=O) groups excluding carboxylic acids is 3. The molecule has 11 heteroatoms. The van der Waals surface area contributed by atoms with Crippen molar-refractivity contribution in [1.29, 1.82) is 0 Å². The van der Waals surface area contributed by atoms with E-state index in [1.165, 1.54) is 16.2 Å². The van der Waals surface area contributed by atoms with Gasteiger partial charge in [-0.2, -0.15) is 0 Å². The van der Waals surface area contributed by atoms with Gasteiger partial charge in [-0.3, -0.25) is 19.3 Å². The standard InChI is InChI=1S/C36H31ClN2O6S2/c1-3-44-35(42)19-7-10-21(11-8-19)39-33(40)28-23-15-24(29(28)34(39)41)30-27(23)26(31-32(46-30)38-36(43)47-31)22-14-20(37)9-12-25(22)45-16-18-6-4-5-17(2)13-18/h4-14,23-24,26-30H,3,15-16H2,1-2H3,(H,38,43)/t23-,24-,26?,27?,28?,29?,30?/m1/s1. The number of thiazole rings is 1. The molecule has 47 heavy (non-hydrogen) atoms. The van der Waals surface area contributed by atoms with E-state index < -0.39 is 17.8 Å². The number of esters is 1. The molecule has 240 valence electrons. The highest BCUT2D eigenvalue weighted by atomic mass is 35.5. The number of anilines is 1. The van der Waals surface area contributed by atoms with E-state index >= 15 is 0 Å². The number of aromatic nitrogens is 1. The van der Waals surface area contributed by atoms with Gasteiger partial charge in [0.25, 0.3) is 0 Å². The summed E-state index contributed by atoms with van der Waals surface area (Å²) < 4.78 is 11.6. The molecule has 1 saturated heterocycles. The average molecular weight is 687 g/mol. The van der Waals surface area contributed by atoms with E-state index in [9.17, 15) is 19.2 Å². The molecule has 4 aliphatic rings. The molecule has 0 spiro atoms. The van der Waals surface area contributed by atoms with Crippen LogP contribution in [-0.2, 0) is 20.9 Å². The number of fused-ring (bicyclic) bond motifs is 9. The predicted molar refractivity (Wildman–Crippen MR) is 180 cm³/mol. The third-order valence-electron chi connectivity index (χ3n) is 10.1. The summed E-state index contributed by atoms with van der Waals surface area (Å²) >= 11 is 9.47. The number of nitrogens with zero attached hydrogens (tertiary/aromatic N) is 1. The largest absolute Gasteiger partial charge is 0.489 e. The quantitative estimate of drug-likeness (QED) is 0.168. The highest BCUT2D eigenvalue weighted by Crippen LogP contribution is 2.69. The third-order valence-corrected chi connectivity index (χ3v) is 13.0. The number of amides is 2. The Kier molecular flexibility index (Phi) is 7.57. The molecule has 3 aromatic carbocycles. The minimum atomic E-state index is -0.463. The molecule has 2 amide bonds. The number of hydrogen-bond donors (Lipinski definition) is 1. The zero-order valence-corrected chi connectivity index (χ0v) is 28.0. The first-order valence-electron chi connectivity index (χ1n) is 15.8. The van der Waals surface area contributed by atoms with Crippen molar-refractivity contribution in [3.8, 4) is 5.75 Å². The molecule has 3 heterocycles. The van der Waals surface area contributed by atoms with Crippen molar-refractivity contribution in [2.75, 3.05) is 11.5 Å². The topological polar surface area (TPSA) is 106 Å². The number of aryl methyl sites for hydroxylation is 1. The number of ether oxygens (including phenoxy) is 2. The number of benzene rings is 3. The van der Waals surface area contributed by atoms with E-state index in [0.29, 0.717) is 28.6 Å². The summed E-state index contributed by atoms with van der Waals surface area (Å²) in [6.45, 7) is 4.41. The first-order chi connectivity index (χ1) is 22.7. The van der Waals surface area contributed by atoms with Gasteiger partial charge in [0.15, 0.2) is 0 Å². The van der Waals surface area contributed by atoms with Crippen LogP contribution in [0.15, 0.2) is 76.6 Å². The molecule has 7 atom stereocenters. The van der Waals surface area contributed by atoms with Crippen LogP contribution < -0.4 is 14.5 Å². The molecule has 2 bridgehead atoms. The number of thioether (sulfide) groups is 1. The van der Waals surface area contributed by atoms with Crippen molar-refractivity contribution in [3.63, 3.8) is 0 Å². The number of nitrogens with one attached hydrogen (secondary N) is 1. The molecule has 0 radical (unpaired) electrons. The first kappa shape index (κ1) is 30.5. The third kappa shape index (κ3) is 4.95. The van der Waals surface area contributed by atoms with Gasteiger partial charge in [0.05, 0.1) is 34.7 Å². The normalized spacial score (nSPS) is 27.0. The maximum absolute atomic E-state index is 14.2. The van der Waals surface area contributed by atoms with Crippen LogP contribution in [0.25, 0.3) is 0 Å². The maximum Gasteiger partial charge on any atom is 0.338 e.